The summed E-state index contributed by atoms with van der Waals surface area (Å²) in [6, 6.07) is 3.18. The Morgan fingerprint density at radius 1 is 1.60 bits per heavy atom. The Morgan fingerprint density at radius 2 is 2.40 bits per heavy atom. The fraction of sp³-hybridized carbons (Fsp3) is 0.222. The fourth-order valence-electron chi connectivity index (χ4n) is 1.29. The van der Waals surface area contributed by atoms with E-state index in [9.17, 15) is 4.79 Å². The van der Waals surface area contributed by atoms with Crippen LogP contribution < -0.4 is 0 Å². The number of rotatable bonds is 3. The van der Waals surface area contributed by atoms with E-state index < -0.39 is 5.97 Å². The Morgan fingerprint density at radius 3 is 3.00 bits per heavy atom. The second kappa shape index (κ2) is 3.56. The lowest BCUT2D eigenvalue weighted by atomic mass is 10.4. The number of aryl methyl sites for hydroxylation is 1. The molecule has 1 N–H and O–H groups in total. The third-order valence-corrected chi connectivity index (χ3v) is 1.92. The van der Waals surface area contributed by atoms with Crippen molar-refractivity contribution in [2.24, 2.45) is 0 Å². The molecule has 0 radical (unpaired) electrons. The van der Waals surface area contributed by atoms with E-state index >= 15 is 0 Å². The van der Waals surface area contributed by atoms with Gasteiger partial charge < -0.3 is 14.1 Å². The first-order chi connectivity index (χ1) is 7.16. The van der Waals surface area contributed by atoms with Gasteiger partial charge in [-0.05, 0) is 12.1 Å². The van der Waals surface area contributed by atoms with E-state index in [1.54, 1.807) is 19.2 Å². The Kier molecular flexibility index (Phi) is 2.24. The summed E-state index contributed by atoms with van der Waals surface area (Å²) < 4.78 is 6.69. The topological polar surface area (TPSA) is 81.2 Å². The monoisotopic (exact) mass is 207 g/mol. The van der Waals surface area contributed by atoms with Gasteiger partial charge in [0.2, 0.25) is 11.8 Å². The molecule has 2 aromatic rings. The van der Waals surface area contributed by atoms with Crippen molar-refractivity contribution in [3.05, 3.63) is 35.8 Å². The van der Waals surface area contributed by atoms with Crippen molar-refractivity contribution in [3.63, 3.8) is 0 Å². The number of carboxylic acids is 1. The zero-order valence-electron chi connectivity index (χ0n) is 8.04. The molecule has 0 fully saturated rings. The molecule has 0 aliphatic rings. The maximum atomic E-state index is 10.8. The molecule has 2 heterocycles. The van der Waals surface area contributed by atoms with Gasteiger partial charge in [0.1, 0.15) is 12.2 Å². The summed E-state index contributed by atoms with van der Waals surface area (Å²) in [5.41, 5.74) is 0.200. The normalized spacial score (nSPS) is 10.5. The predicted octanol–water partition coefficient (Wildman–Crippen LogP) is 0.926. The zero-order valence-corrected chi connectivity index (χ0v) is 8.04. The first-order valence-corrected chi connectivity index (χ1v) is 4.34. The molecule has 6 heteroatoms. The summed E-state index contributed by atoms with van der Waals surface area (Å²) in [4.78, 5) is 10.8. The Bertz CT molecular complexity index is 486. The highest BCUT2D eigenvalue weighted by Crippen LogP contribution is 2.06. The van der Waals surface area contributed by atoms with Gasteiger partial charge in [-0.3, -0.25) is 0 Å². The van der Waals surface area contributed by atoms with Crippen molar-refractivity contribution < 1.29 is 14.3 Å². The van der Waals surface area contributed by atoms with Crippen molar-refractivity contribution in [1.82, 2.24) is 14.8 Å². The van der Waals surface area contributed by atoms with E-state index in [-0.39, 0.29) is 12.2 Å². The van der Waals surface area contributed by atoms with Crippen molar-refractivity contribution >= 4 is 5.97 Å². The average molecular weight is 207 g/mol. The van der Waals surface area contributed by atoms with Crippen LogP contribution in [-0.2, 0) is 6.54 Å². The lowest BCUT2D eigenvalue weighted by molar-refractivity contribution is 0.0685. The van der Waals surface area contributed by atoms with Crippen LogP contribution in [0.15, 0.2) is 22.7 Å². The zero-order chi connectivity index (χ0) is 10.8. The molecule has 0 saturated heterocycles. The number of aromatic nitrogens is 3. The molecule has 6 nitrogen and oxygen atoms in total. The third-order valence-electron chi connectivity index (χ3n) is 1.92. The van der Waals surface area contributed by atoms with Crippen molar-refractivity contribution in [2.45, 2.75) is 13.5 Å². The van der Waals surface area contributed by atoms with Crippen molar-refractivity contribution in [1.29, 1.82) is 0 Å². The summed E-state index contributed by atoms with van der Waals surface area (Å²) in [5, 5.41) is 16.3. The molecule has 0 atom stereocenters. The van der Waals surface area contributed by atoms with Crippen LogP contribution in [0, 0.1) is 6.92 Å². The van der Waals surface area contributed by atoms with Crippen LogP contribution in [0.3, 0.4) is 0 Å². The second-order valence-corrected chi connectivity index (χ2v) is 3.04. The van der Waals surface area contributed by atoms with Crippen LogP contribution in [0.2, 0.25) is 0 Å². The molecule has 0 saturated carbocycles. The van der Waals surface area contributed by atoms with Gasteiger partial charge >= 0.3 is 5.97 Å². The third kappa shape index (κ3) is 1.88. The van der Waals surface area contributed by atoms with Crippen LogP contribution in [0.4, 0.5) is 0 Å². The first kappa shape index (κ1) is 9.45. The van der Waals surface area contributed by atoms with Crippen LogP contribution >= 0.6 is 0 Å². The first-order valence-electron chi connectivity index (χ1n) is 4.34. The van der Waals surface area contributed by atoms with Gasteiger partial charge in [0, 0.05) is 13.1 Å². The highest BCUT2D eigenvalue weighted by atomic mass is 16.4. The summed E-state index contributed by atoms with van der Waals surface area (Å²) in [7, 11) is 0. The largest absolute Gasteiger partial charge is 0.477 e. The van der Waals surface area contributed by atoms with E-state index in [1.807, 2.05) is 0 Å². The SMILES string of the molecule is Cc1nnc(Cn2cccc2C(=O)O)o1. The van der Waals surface area contributed by atoms with Gasteiger partial charge in [0.25, 0.3) is 0 Å². The Labute approximate surface area is 85.2 Å². The summed E-state index contributed by atoms with van der Waals surface area (Å²) in [5.74, 6) is -0.114. The van der Waals surface area contributed by atoms with Gasteiger partial charge in [-0.1, -0.05) is 0 Å². The molecule has 0 amide bonds. The fourth-order valence-corrected chi connectivity index (χ4v) is 1.29. The molecule has 0 aliphatic heterocycles. The highest BCUT2D eigenvalue weighted by Gasteiger charge is 2.11. The maximum absolute atomic E-state index is 10.8. The molecule has 15 heavy (non-hydrogen) atoms. The number of carboxylic acid groups (broad SMARTS) is 1. The molecule has 2 aromatic heterocycles. The van der Waals surface area contributed by atoms with Gasteiger partial charge in [0.15, 0.2) is 0 Å². The molecule has 0 bridgehead atoms. The van der Waals surface area contributed by atoms with E-state index in [0.717, 1.165) is 0 Å². The van der Waals surface area contributed by atoms with Gasteiger partial charge in [-0.15, -0.1) is 10.2 Å². The van der Waals surface area contributed by atoms with Crippen LogP contribution in [0.5, 0.6) is 0 Å². The average Bonchev–Trinajstić information content (AvgIpc) is 2.75. The molecule has 0 aliphatic carbocycles. The Balaban J connectivity index is 2.24. The molecule has 2 rings (SSSR count). The van der Waals surface area contributed by atoms with Crippen LogP contribution in [0.25, 0.3) is 0 Å². The smallest absolute Gasteiger partial charge is 0.352 e. The molecule has 0 aromatic carbocycles. The van der Waals surface area contributed by atoms with E-state index in [1.165, 1.54) is 10.6 Å². The van der Waals surface area contributed by atoms with Crippen molar-refractivity contribution in [3.8, 4) is 0 Å². The lowest BCUT2D eigenvalue weighted by Gasteiger charge is -2.01. The van der Waals surface area contributed by atoms with Gasteiger partial charge in [-0.25, -0.2) is 4.79 Å². The summed E-state index contributed by atoms with van der Waals surface area (Å²) >= 11 is 0. The molecule has 78 valence electrons. The minimum absolute atomic E-state index is 0.200. The van der Waals surface area contributed by atoms with Gasteiger partial charge in [-0.2, -0.15) is 0 Å². The van der Waals surface area contributed by atoms with E-state index in [0.29, 0.717) is 11.8 Å². The molecular formula is C9H9N3O3. The minimum Gasteiger partial charge on any atom is -0.477 e. The van der Waals surface area contributed by atoms with E-state index in [4.69, 9.17) is 9.52 Å². The number of hydrogen-bond acceptors (Lipinski definition) is 4. The Hall–Kier alpha value is -2.11. The molecular weight excluding hydrogens is 198 g/mol. The van der Waals surface area contributed by atoms with Crippen LogP contribution in [0.1, 0.15) is 22.3 Å². The number of carbonyl (C=O) groups is 1. The lowest BCUT2D eigenvalue weighted by Crippen LogP contribution is -2.08. The second-order valence-electron chi connectivity index (χ2n) is 3.04. The molecule has 0 spiro atoms. The molecule has 0 unspecified atom stereocenters. The summed E-state index contributed by atoms with van der Waals surface area (Å²) in [6.45, 7) is 1.96. The number of hydrogen-bond donors (Lipinski definition) is 1. The highest BCUT2D eigenvalue weighted by molar-refractivity contribution is 5.85. The predicted molar refractivity (Wildman–Crippen MR) is 49.5 cm³/mol. The summed E-state index contributed by atoms with van der Waals surface area (Å²) in [6.07, 6.45) is 1.66. The van der Waals surface area contributed by atoms with Crippen molar-refractivity contribution in [2.75, 3.05) is 0 Å². The maximum Gasteiger partial charge on any atom is 0.352 e. The number of aromatic carboxylic acids is 1. The number of nitrogens with zero attached hydrogens (tertiary/aromatic N) is 3. The minimum atomic E-state index is -0.976. The van der Waals surface area contributed by atoms with Gasteiger partial charge in [0.05, 0.1) is 0 Å². The van der Waals surface area contributed by atoms with Crippen LogP contribution in [-0.4, -0.2) is 25.8 Å². The van der Waals surface area contributed by atoms with E-state index in [2.05, 4.69) is 10.2 Å². The standard InChI is InChI=1S/C9H9N3O3/c1-6-10-11-8(15-6)5-12-4-2-3-7(12)9(13)14/h2-4H,5H2,1H3,(H,13,14). The quantitative estimate of drug-likeness (QED) is 0.809.